The molecule has 20 heavy (non-hydrogen) atoms. The van der Waals surface area contributed by atoms with Crippen LogP contribution in [0.3, 0.4) is 0 Å². The Labute approximate surface area is 117 Å². The maximum absolute atomic E-state index is 10.3. The van der Waals surface area contributed by atoms with Crippen molar-refractivity contribution in [3.63, 3.8) is 0 Å². The van der Waals surface area contributed by atoms with Gasteiger partial charge in [0.05, 0.1) is 17.8 Å². The molecule has 1 aromatic heterocycles. The fourth-order valence-electron chi connectivity index (χ4n) is 2.00. The van der Waals surface area contributed by atoms with Gasteiger partial charge in [-0.25, -0.2) is 0 Å². The molecule has 2 rings (SSSR count). The van der Waals surface area contributed by atoms with Gasteiger partial charge in [0.15, 0.2) is 0 Å². The van der Waals surface area contributed by atoms with E-state index in [1.807, 2.05) is 18.3 Å². The van der Waals surface area contributed by atoms with Crippen LogP contribution in [0.25, 0.3) is 11.1 Å². The summed E-state index contributed by atoms with van der Waals surface area (Å²) in [5.41, 5.74) is 2.05. The SMILES string of the molecule is C=C(C#N)[C@@H](O)[C@H](O)c1ccccc1-c1cnn(C)c1. The van der Waals surface area contributed by atoms with E-state index in [0.717, 1.165) is 11.1 Å². The van der Waals surface area contributed by atoms with Gasteiger partial charge in [0, 0.05) is 18.8 Å². The Bertz CT molecular complexity index is 670. The maximum atomic E-state index is 10.3. The summed E-state index contributed by atoms with van der Waals surface area (Å²) >= 11 is 0. The Morgan fingerprint density at radius 1 is 1.40 bits per heavy atom. The first kappa shape index (κ1) is 14.0. The van der Waals surface area contributed by atoms with Crippen molar-refractivity contribution in [1.29, 1.82) is 5.26 Å². The summed E-state index contributed by atoms with van der Waals surface area (Å²) in [5, 5.41) is 33.0. The number of benzene rings is 1. The summed E-state index contributed by atoms with van der Waals surface area (Å²) in [6.07, 6.45) is 0.963. The Hall–Kier alpha value is -2.42. The molecular weight excluding hydrogens is 254 g/mol. The average Bonchev–Trinajstić information content (AvgIpc) is 2.91. The van der Waals surface area contributed by atoms with Crippen molar-refractivity contribution in [3.8, 4) is 17.2 Å². The Balaban J connectivity index is 2.43. The number of aryl methyl sites for hydroxylation is 1. The molecule has 5 nitrogen and oxygen atoms in total. The number of nitrogens with zero attached hydrogens (tertiary/aromatic N) is 3. The van der Waals surface area contributed by atoms with Gasteiger partial charge < -0.3 is 10.2 Å². The molecule has 1 aromatic carbocycles. The van der Waals surface area contributed by atoms with E-state index in [4.69, 9.17) is 5.26 Å². The van der Waals surface area contributed by atoms with Gasteiger partial charge >= 0.3 is 0 Å². The molecule has 0 radical (unpaired) electrons. The second kappa shape index (κ2) is 5.70. The van der Waals surface area contributed by atoms with Gasteiger partial charge in [-0.05, 0) is 11.1 Å². The second-order valence-corrected chi connectivity index (χ2v) is 4.52. The number of aliphatic hydroxyl groups is 2. The van der Waals surface area contributed by atoms with Crippen molar-refractivity contribution in [3.05, 3.63) is 54.4 Å². The quantitative estimate of drug-likeness (QED) is 0.825. The highest BCUT2D eigenvalue weighted by Gasteiger charge is 2.24. The van der Waals surface area contributed by atoms with Crippen LogP contribution in [0.2, 0.25) is 0 Å². The van der Waals surface area contributed by atoms with Gasteiger partial charge in [-0.2, -0.15) is 10.4 Å². The molecule has 0 bridgehead atoms. The van der Waals surface area contributed by atoms with E-state index in [1.54, 1.807) is 36.1 Å². The lowest BCUT2D eigenvalue weighted by molar-refractivity contribution is 0.0444. The largest absolute Gasteiger partial charge is 0.385 e. The van der Waals surface area contributed by atoms with E-state index >= 15 is 0 Å². The van der Waals surface area contributed by atoms with Crippen molar-refractivity contribution in [1.82, 2.24) is 9.78 Å². The molecule has 0 spiro atoms. The second-order valence-electron chi connectivity index (χ2n) is 4.52. The molecule has 5 heteroatoms. The van der Waals surface area contributed by atoms with Crippen molar-refractivity contribution in [2.24, 2.45) is 7.05 Å². The molecule has 0 aliphatic rings. The van der Waals surface area contributed by atoms with Gasteiger partial charge in [-0.1, -0.05) is 30.8 Å². The maximum Gasteiger partial charge on any atom is 0.118 e. The zero-order valence-corrected chi connectivity index (χ0v) is 11.1. The van der Waals surface area contributed by atoms with Crippen LogP contribution in [0.5, 0.6) is 0 Å². The van der Waals surface area contributed by atoms with Crippen molar-refractivity contribution >= 4 is 0 Å². The molecule has 1 heterocycles. The third-order valence-corrected chi connectivity index (χ3v) is 3.10. The number of aliphatic hydroxyl groups excluding tert-OH is 2. The molecule has 0 aliphatic carbocycles. The Morgan fingerprint density at radius 2 is 2.10 bits per heavy atom. The van der Waals surface area contributed by atoms with Crippen LogP contribution in [0, 0.1) is 11.3 Å². The highest BCUT2D eigenvalue weighted by atomic mass is 16.3. The average molecular weight is 269 g/mol. The van der Waals surface area contributed by atoms with Gasteiger partial charge in [-0.15, -0.1) is 0 Å². The van der Waals surface area contributed by atoms with Crippen LogP contribution in [-0.4, -0.2) is 26.1 Å². The van der Waals surface area contributed by atoms with Crippen LogP contribution < -0.4 is 0 Å². The first-order valence-corrected chi connectivity index (χ1v) is 6.07. The minimum absolute atomic E-state index is 0.0708. The zero-order chi connectivity index (χ0) is 14.7. The number of hydrogen-bond acceptors (Lipinski definition) is 4. The normalized spacial score (nSPS) is 13.5. The van der Waals surface area contributed by atoms with Crippen LogP contribution in [0.15, 0.2) is 48.8 Å². The van der Waals surface area contributed by atoms with Crippen LogP contribution in [0.1, 0.15) is 11.7 Å². The predicted octanol–water partition coefficient (Wildman–Crippen LogP) is 1.56. The smallest absolute Gasteiger partial charge is 0.118 e. The number of nitriles is 1. The molecule has 0 amide bonds. The molecule has 0 saturated heterocycles. The van der Waals surface area contributed by atoms with Crippen molar-refractivity contribution in [2.45, 2.75) is 12.2 Å². The molecule has 2 aromatic rings. The summed E-state index contributed by atoms with van der Waals surface area (Å²) in [4.78, 5) is 0. The predicted molar refractivity (Wildman–Crippen MR) is 74.4 cm³/mol. The fourth-order valence-corrected chi connectivity index (χ4v) is 2.00. The third kappa shape index (κ3) is 2.62. The molecule has 0 fully saturated rings. The number of aromatic nitrogens is 2. The van der Waals surface area contributed by atoms with Gasteiger partial charge in [0.2, 0.25) is 0 Å². The molecule has 0 saturated carbocycles. The van der Waals surface area contributed by atoms with Crippen molar-refractivity contribution < 1.29 is 10.2 Å². The fraction of sp³-hybridized carbons (Fsp3) is 0.200. The van der Waals surface area contributed by atoms with Gasteiger partial charge in [-0.3, -0.25) is 4.68 Å². The lowest BCUT2D eigenvalue weighted by Gasteiger charge is -2.19. The Morgan fingerprint density at radius 3 is 2.70 bits per heavy atom. The molecule has 0 unspecified atom stereocenters. The summed E-state index contributed by atoms with van der Waals surface area (Å²) in [7, 11) is 1.80. The summed E-state index contributed by atoms with van der Waals surface area (Å²) in [6.45, 7) is 3.44. The monoisotopic (exact) mass is 269 g/mol. The van der Waals surface area contributed by atoms with Gasteiger partial charge in [0.1, 0.15) is 12.2 Å². The number of rotatable bonds is 4. The number of hydrogen-bond donors (Lipinski definition) is 2. The lowest BCUT2D eigenvalue weighted by Crippen LogP contribution is -2.20. The Kier molecular flexibility index (Phi) is 3.99. The van der Waals surface area contributed by atoms with Gasteiger partial charge in [0.25, 0.3) is 0 Å². The van der Waals surface area contributed by atoms with Crippen molar-refractivity contribution in [2.75, 3.05) is 0 Å². The first-order chi connectivity index (χ1) is 9.54. The van der Waals surface area contributed by atoms with Crippen LogP contribution in [-0.2, 0) is 7.05 Å². The summed E-state index contributed by atoms with van der Waals surface area (Å²) in [5.74, 6) is 0. The van der Waals surface area contributed by atoms with Crippen LogP contribution in [0.4, 0.5) is 0 Å². The van der Waals surface area contributed by atoms with E-state index in [1.165, 1.54) is 0 Å². The summed E-state index contributed by atoms with van der Waals surface area (Å²) in [6, 6.07) is 8.90. The molecule has 2 N–H and O–H groups in total. The molecule has 0 aliphatic heterocycles. The molecule has 2 atom stereocenters. The standard InChI is InChI=1S/C15H15N3O2/c1-10(7-16)14(19)15(20)13-6-4-3-5-12(13)11-8-17-18(2)9-11/h3-6,8-9,14-15,19-20H,1H2,2H3/t14-,15-/m1/s1. The minimum Gasteiger partial charge on any atom is -0.385 e. The summed E-state index contributed by atoms with van der Waals surface area (Å²) < 4.78 is 1.66. The van der Waals surface area contributed by atoms with Crippen LogP contribution >= 0.6 is 0 Å². The first-order valence-electron chi connectivity index (χ1n) is 6.07. The van der Waals surface area contributed by atoms with E-state index < -0.39 is 12.2 Å². The zero-order valence-electron chi connectivity index (χ0n) is 11.1. The van der Waals surface area contributed by atoms with E-state index in [9.17, 15) is 10.2 Å². The van der Waals surface area contributed by atoms with E-state index in [2.05, 4.69) is 11.7 Å². The lowest BCUT2D eigenvalue weighted by atomic mass is 9.93. The molecule has 102 valence electrons. The highest BCUT2D eigenvalue weighted by Crippen LogP contribution is 2.30. The molecular formula is C15H15N3O2. The topological polar surface area (TPSA) is 82.1 Å². The highest BCUT2D eigenvalue weighted by molar-refractivity contribution is 5.66. The third-order valence-electron chi connectivity index (χ3n) is 3.10. The minimum atomic E-state index is -1.32. The van der Waals surface area contributed by atoms with E-state index in [-0.39, 0.29) is 5.57 Å². The van der Waals surface area contributed by atoms with E-state index in [0.29, 0.717) is 5.56 Å².